The third-order valence-corrected chi connectivity index (χ3v) is 5.83. The SMILES string of the molecule is Cc1cc(N2C(=O)N(c3ccc(C#N)c(C(F)(F)F)c3)[C@H]3COCC[C@@H]32)ccc1C(N)=O. The van der Waals surface area contributed by atoms with Gasteiger partial charge in [-0.2, -0.15) is 18.4 Å². The number of carbonyl (C=O) groups is 2. The van der Waals surface area contributed by atoms with Gasteiger partial charge in [0.2, 0.25) is 5.91 Å². The van der Waals surface area contributed by atoms with E-state index >= 15 is 0 Å². The highest BCUT2D eigenvalue weighted by Gasteiger charge is 2.49. The van der Waals surface area contributed by atoms with Crippen molar-refractivity contribution in [2.45, 2.75) is 31.6 Å². The van der Waals surface area contributed by atoms with Crippen LogP contribution in [0.15, 0.2) is 36.4 Å². The van der Waals surface area contributed by atoms with Crippen LogP contribution in [-0.2, 0) is 10.9 Å². The van der Waals surface area contributed by atoms with Gasteiger partial charge in [-0.05, 0) is 55.3 Å². The van der Waals surface area contributed by atoms with Crippen molar-refractivity contribution in [2.75, 3.05) is 23.0 Å². The predicted molar refractivity (Wildman–Crippen MR) is 109 cm³/mol. The number of halogens is 3. The zero-order valence-electron chi connectivity index (χ0n) is 17.0. The van der Waals surface area contributed by atoms with E-state index < -0.39 is 35.3 Å². The summed E-state index contributed by atoms with van der Waals surface area (Å²) in [5.74, 6) is -0.593. The van der Waals surface area contributed by atoms with E-state index in [2.05, 4.69) is 0 Å². The van der Waals surface area contributed by atoms with Gasteiger partial charge in [-0.25, -0.2) is 4.79 Å². The lowest BCUT2D eigenvalue weighted by atomic mass is 10.0. The molecule has 0 spiro atoms. The maximum atomic E-state index is 13.5. The Kier molecular flexibility index (Phi) is 5.30. The molecule has 0 saturated carbocycles. The molecule has 0 radical (unpaired) electrons. The van der Waals surface area contributed by atoms with E-state index in [9.17, 15) is 22.8 Å². The monoisotopic (exact) mass is 444 g/mol. The van der Waals surface area contributed by atoms with E-state index in [1.165, 1.54) is 21.9 Å². The zero-order valence-corrected chi connectivity index (χ0v) is 17.0. The van der Waals surface area contributed by atoms with E-state index in [0.717, 1.165) is 12.1 Å². The molecule has 2 aromatic carbocycles. The van der Waals surface area contributed by atoms with Crippen LogP contribution in [0.5, 0.6) is 0 Å². The summed E-state index contributed by atoms with van der Waals surface area (Å²) in [6.45, 7) is 2.25. The molecule has 0 unspecified atom stereocenters. The molecule has 4 rings (SSSR count). The molecule has 2 saturated heterocycles. The second-order valence-electron chi connectivity index (χ2n) is 7.72. The number of hydrogen-bond donors (Lipinski definition) is 1. The van der Waals surface area contributed by atoms with Crippen molar-refractivity contribution in [2.24, 2.45) is 5.73 Å². The fourth-order valence-electron chi connectivity index (χ4n) is 4.35. The van der Waals surface area contributed by atoms with E-state index in [4.69, 9.17) is 15.7 Å². The summed E-state index contributed by atoms with van der Waals surface area (Å²) in [7, 11) is 0. The summed E-state index contributed by atoms with van der Waals surface area (Å²) in [5, 5.41) is 9.06. The molecule has 2 aliphatic heterocycles. The van der Waals surface area contributed by atoms with Crippen LogP contribution in [0.25, 0.3) is 0 Å². The number of carbonyl (C=O) groups excluding carboxylic acids is 2. The van der Waals surface area contributed by atoms with E-state index in [1.54, 1.807) is 25.1 Å². The quantitative estimate of drug-likeness (QED) is 0.782. The average Bonchev–Trinajstić information content (AvgIpc) is 3.04. The molecule has 0 bridgehead atoms. The first-order valence-electron chi connectivity index (χ1n) is 9.85. The molecule has 3 amide bonds. The molecule has 2 aromatic rings. The Morgan fingerprint density at radius 2 is 1.81 bits per heavy atom. The Morgan fingerprint density at radius 3 is 2.44 bits per heavy atom. The van der Waals surface area contributed by atoms with Crippen molar-refractivity contribution in [1.29, 1.82) is 5.26 Å². The number of hydrogen-bond acceptors (Lipinski definition) is 4. The average molecular weight is 444 g/mol. The fraction of sp³-hybridized carbons (Fsp3) is 0.318. The van der Waals surface area contributed by atoms with Gasteiger partial charge in [0.1, 0.15) is 0 Å². The number of urea groups is 1. The molecule has 2 heterocycles. The molecule has 0 aliphatic carbocycles. The molecule has 166 valence electrons. The van der Waals surface area contributed by atoms with Crippen molar-refractivity contribution in [3.8, 4) is 6.07 Å². The molecule has 2 atom stereocenters. The van der Waals surface area contributed by atoms with E-state index in [-0.39, 0.29) is 18.3 Å². The molecular weight excluding hydrogens is 425 g/mol. The highest BCUT2D eigenvalue weighted by molar-refractivity contribution is 6.08. The summed E-state index contributed by atoms with van der Waals surface area (Å²) < 4.78 is 46.0. The van der Waals surface area contributed by atoms with Crippen LogP contribution >= 0.6 is 0 Å². The van der Waals surface area contributed by atoms with Gasteiger partial charge in [0.25, 0.3) is 0 Å². The number of nitrogens with two attached hydrogens (primary N) is 1. The number of anilines is 2. The third-order valence-electron chi connectivity index (χ3n) is 5.83. The molecular formula is C22H19F3N4O3. The van der Waals surface area contributed by atoms with Crippen molar-refractivity contribution in [3.63, 3.8) is 0 Å². The normalized spacial score (nSPS) is 20.8. The summed E-state index contributed by atoms with van der Waals surface area (Å²) in [4.78, 5) is 27.8. The lowest BCUT2D eigenvalue weighted by Gasteiger charge is -2.32. The number of nitriles is 1. The van der Waals surface area contributed by atoms with Gasteiger partial charge in [0, 0.05) is 23.5 Å². The molecule has 7 nitrogen and oxygen atoms in total. The zero-order chi connectivity index (χ0) is 23.2. The van der Waals surface area contributed by atoms with Gasteiger partial charge in [0.15, 0.2) is 0 Å². The minimum Gasteiger partial charge on any atom is -0.379 e. The Hall–Kier alpha value is -3.58. The lowest BCUT2D eigenvalue weighted by Crippen LogP contribution is -2.45. The topological polar surface area (TPSA) is 99.7 Å². The summed E-state index contributed by atoms with van der Waals surface area (Å²) >= 11 is 0. The standard InChI is InChI=1S/C22H19F3N4O3/c1-12-8-14(4-5-16(12)20(27)30)28-18-6-7-32-11-19(18)29(21(28)31)15-3-2-13(10-26)17(9-15)22(23,24)25/h2-5,8-9,18-19H,6-7,11H2,1H3,(H2,27,30)/t18-,19-/m0/s1. The summed E-state index contributed by atoms with van der Waals surface area (Å²) in [5.41, 5.74) is 5.21. The number of ether oxygens (including phenoxy) is 1. The van der Waals surface area contributed by atoms with Crippen molar-refractivity contribution in [3.05, 3.63) is 58.7 Å². The first kappa shape index (κ1) is 21.6. The maximum Gasteiger partial charge on any atom is 0.417 e. The van der Waals surface area contributed by atoms with Gasteiger partial charge < -0.3 is 10.5 Å². The van der Waals surface area contributed by atoms with Crippen molar-refractivity contribution < 1.29 is 27.5 Å². The van der Waals surface area contributed by atoms with Crippen LogP contribution in [0, 0.1) is 18.3 Å². The van der Waals surface area contributed by atoms with Gasteiger partial charge in [0.05, 0.1) is 35.9 Å². The van der Waals surface area contributed by atoms with E-state index in [0.29, 0.717) is 29.8 Å². The molecule has 2 fully saturated rings. The van der Waals surface area contributed by atoms with Crippen molar-refractivity contribution in [1.82, 2.24) is 0 Å². The number of alkyl halides is 3. The van der Waals surface area contributed by atoms with Crippen LogP contribution in [0.1, 0.15) is 33.5 Å². The second-order valence-corrected chi connectivity index (χ2v) is 7.72. The van der Waals surface area contributed by atoms with Gasteiger partial charge in [-0.3, -0.25) is 14.6 Å². The van der Waals surface area contributed by atoms with Crippen LogP contribution in [0.4, 0.5) is 29.3 Å². The molecule has 32 heavy (non-hydrogen) atoms. The molecule has 10 heteroatoms. The number of benzene rings is 2. The summed E-state index contributed by atoms with van der Waals surface area (Å²) in [6.07, 6.45) is -4.25. The molecule has 2 N–H and O–H groups in total. The number of aryl methyl sites for hydroxylation is 1. The fourth-order valence-corrected chi connectivity index (χ4v) is 4.35. The smallest absolute Gasteiger partial charge is 0.379 e. The second kappa shape index (κ2) is 7.84. The largest absolute Gasteiger partial charge is 0.417 e. The number of rotatable bonds is 3. The van der Waals surface area contributed by atoms with Gasteiger partial charge in [-0.15, -0.1) is 0 Å². The van der Waals surface area contributed by atoms with Crippen LogP contribution in [0.2, 0.25) is 0 Å². The first-order chi connectivity index (χ1) is 15.1. The Morgan fingerprint density at radius 1 is 1.16 bits per heavy atom. The number of primary amides is 1. The predicted octanol–water partition coefficient (Wildman–Crippen LogP) is 3.59. The Bertz CT molecular complexity index is 1140. The van der Waals surface area contributed by atoms with Gasteiger partial charge in [-0.1, -0.05) is 0 Å². The maximum absolute atomic E-state index is 13.5. The number of amides is 3. The van der Waals surface area contributed by atoms with Crippen LogP contribution in [0.3, 0.4) is 0 Å². The highest BCUT2D eigenvalue weighted by atomic mass is 19.4. The Balaban J connectivity index is 1.79. The molecule has 0 aromatic heterocycles. The lowest BCUT2D eigenvalue weighted by molar-refractivity contribution is -0.137. The third kappa shape index (κ3) is 3.54. The van der Waals surface area contributed by atoms with Crippen molar-refractivity contribution >= 4 is 23.3 Å². The minimum absolute atomic E-state index is 0.0369. The van der Waals surface area contributed by atoms with Crippen LogP contribution < -0.4 is 15.5 Å². The van der Waals surface area contributed by atoms with Crippen LogP contribution in [-0.4, -0.2) is 37.2 Å². The molecule has 2 aliphatic rings. The first-order valence-corrected chi connectivity index (χ1v) is 9.85. The summed E-state index contributed by atoms with van der Waals surface area (Å²) in [6, 6.07) is 8.21. The Labute approximate surface area is 181 Å². The van der Waals surface area contributed by atoms with Gasteiger partial charge >= 0.3 is 12.2 Å². The van der Waals surface area contributed by atoms with E-state index in [1.807, 2.05) is 0 Å². The highest BCUT2D eigenvalue weighted by Crippen LogP contribution is 2.40. The number of fused-ring (bicyclic) bond motifs is 1. The minimum atomic E-state index is -4.74. The number of nitrogens with zero attached hydrogens (tertiary/aromatic N) is 3.